The molecule has 0 radical (unpaired) electrons. The third kappa shape index (κ3) is 4.95. The number of tetrazole rings is 1. The first-order valence-corrected chi connectivity index (χ1v) is 10.7. The van der Waals surface area contributed by atoms with Crippen molar-refractivity contribution < 1.29 is 4.92 Å². The summed E-state index contributed by atoms with van der Waals surface area (Å²) >= 11 is 0. The molecule has 1 unspecified atom stereocenters. The predicted molar refractivity (Wildman–Crippen MR) is 116 cm³/mol. The van der Waals surface area contributed by atoms with Crippen LogP contribution in [0.5, 0.6) is 0 Å². The number of nitro benzene ring substituents is 1. The Labute approximate surface area is 180 Å². The van der Waals surface area contributed by atoms with Gasteiger partial charge in [-0.05, 0) is 40.0 Å². The fourth-order valence-electron chi connectivity index (χ4n) is 4.24. The maximum absolute atomic E-state index is 11.4. The van der Waals surface area contributed by atoms with Gasteiger partial charge in [0, 0.05) is 25.2 Å². The molecule has 0 aliphatic heterocycles. The average molecular weight is 422 g/mol. The zero-order chi connectivity index (χ0) is 21.6. The lowest BCUT2D eigenvalue weighted by atomic mass is 9.95. The summed E-state index contributed by atoms with van der Waals surface area (Å²) in [6.45, 7) is 1.03. The van der Waals surface area contributed by atoms with E-state index in [1.54, 1.807) is 12.1 Å². The first-order chi connectivity index (χ1) is 15.2. The molecule has 4 rings (SSSR count). The Bertz CT molecular complexity index is 1030. The first-order valence-electron chi connectivity index (χ1n) is 10.7. The first kappa shape index (κ1) is 21.1. The molecule has 0 saturated heterocycles. The van der Waals surface area contributed by atoms with E-state index in [0.29, 0.717) is 18.9 Å². The Balaban J connectivity index is 1.67. The molecule has 1 fully saturated rings. The Morgan fingerprint density at radius 1 is 1.13 bits per heavy atom. The summed E-state index contributed by atoms with van der Waals surface area (Å²) in [5, 5.41) is 27.5. The fraction of sp³-hybridized carbons (Fsp3) is 0.409. The van der Waals surface area contributed by atoms with Gasteiger partial charge in [-0.25, -0.2) is 4.68 Å². The number of rotatable bonds is 8. The van der Waals surface area contributed by atoms with Crippen molar-refractivity contribution in [2.45, 2.75) is 57.3 Å². The highest BCUT2D eigenvalue weighted by Gasteiger charge is 2.27. The maximum Gasteiger partial charge on any atom is 0.269 e. The molecular formula is C22H27N7O2. The highest BCUT2D eigenvalue weighted by atomic mass is 16.6. The number of nitrogens with zero attached hydrogens (tertiary/aromatic N) is 5. The molecule has 1 saturated carbocycles. The van der Waals surface area contributed by atoms with Gasteiger partial charge in [0.2, 0.25) is 0 Å². The number of hydrogen-bond acceptors (Lipinski definition) is 7. The molecule has 31 heavy (non-hydrogen) atoms. The van der Waals surface area contributed by atoms with Crippen LogP contribution in [0, 0.1) is 10.1 Å². The van der Waals surface area contributed by atoms with Crippen molar-refractivity contribution in [2.24, 2.45) is 5.73 Å². The molecular weight excluding hydrogens is 394 g/mol. The molecule has 1 aliphatic rings. The standard InChI is InChI=1S/C22H27N7O2/c23-14-16-6-4-7-17(12-16)15-24-21(18-8-5-11-20(13-18)29(30)31)22-25-26-27-28(22)19-9-2-1-3-10-19/h4-8,11-13,19,21,24H,1-3,9-10,14-15,23H2. The SMILES string of the molecule is NCc1cccc(CNC(c2cccc([N+](=O)[O-])c2)c2nnnn2C2CCCCC2)c1. The number of non-ortho nitro benzene ring substituents is 1. The highest BCUT2D eigenvalue weighted by Crippen LogP contribution is 2.31. The van der Waals surface area contributed by atoms with Crippen molar-refractivity contribution >= 4 is 5.69 Å². The molecule has 1 heterocycles. The Morgan fingerprint density at radius 2 is 1.90 bits per heavy atom. The van der Waals surface area contributed by atoms with Crippen LogP contribution in [0.4, 0.5) is 5.69 Å². The van der Waals surface area contributed by atoms with Gasteiger partial charge in [-0.2, -0.15) is 0 Å². The molecule has 2 aromatic carbocycles. The van der Waals surface area contributed by atoms with Crippen molar-refractivity contribution in [3.63, 3.8) is 0 Å². The van der Waals surface area contributed by atoms with Gasteiger partial charge in [0.15, 0.2) is 5.82 Å². The summed E-state index contributed by atoms with van der Waals surface area (Å²) in [5.74, 6) is 0.683. The average Bonchev–Trinajstić information content (AvgIpc) is 3.30. The minimum absolute atomic E-state index is 0.0473. The highest BCUT2D eigenvalue weighted by molar-refractivity contribution is 5.38. The van der Waals surface area contributed by atoms with Crippen LogP contribution in [-0.4, -0.2) is 25.1 Å². The lowest BCUT2D eigenvalue weighted by Gasteiger charge is -2.25. The van der Waals surface area contributed by atoms with Gasteiger partial charge in [-0.3, -0.25) is 15.4 Å². The van der Waals surface area contributed by atoms with E-state index in [1.165, 1.54) is 12.5 Å². The van der Waals surface area contributed by atoms with Crippen molar-refractivity contribution in [1.82, 2.24) is 25.5 Å². The number of nitrogens with one attached hydrogen (secondary N) is 1. The van der Waals surface area contributed by atoms with E-state index in [4.69, 9.17) is 5.73 Å². The molecule has 3 aromatic rings. The number of nitrogens with two attached hydrogens (primary N) is 1. The molecule has 0 spiro atoms. The van der Waals surface area contributed by atoms with Crippen LogP contribution in [0.1, 0.15) is 66.7 Å². The van der Waals surface area contributed by atoms with Crippen LogP contribution in [0.15, 0.2) is 48.5 Å². The second-order valence-corrected chi connectivity index (χ2v) is 7.96. The number of nitro groups is 1. The second kappa shape index (κ2) is 9.76. The Kier molecular flexibility index (Phi) is 6.63. The summed E-state index contributed by atoms with van der Waals surface area (Å²) in [7, 11) is 0. The second-order valence-electron chi connectivity index (χ2n) is 7.96. The molecule has 162 valence electrons. The van der Waals surface area contributed by atoms with E-state index in [2.05, 4.69) is 26.9 Å². The van der Waals surface area contributed by atoms with E-state index >= 15 is 0 Å². The molecule has 1 atom stereocenters. The number of aromatic nitrogens is 4. The summed E-state index contributed by atoms with van der Waals surface area (Å²) in [4.78, 5) is 11.0. The van der Waals surface area contributed by atoms with E-state index < -0.39 is 0 Å². The normalized spacial score (nSPS) is 15.6. The zero-order valence-electron chi connectivity index (χ0n) is 17.4. The van der Waals surface area contributed by atoms with Crippen LogP contribution < -0.4 is 11.1 Å². The van der Waals surface area contributed by atoms with Gasteiger partial charge >= 0.3 is 0 Å². The summed E-state index contributed by atoms with van der Waals surface area (Å²) in [6.07, 6.45) is 5.63. The molecule has 0 bridgehead atoms. The number of hydrogen-bond donors (Lipinski definition) is 2. The van der Waals surface area contributed by atoms with Gasteiger partial charge in [0.05, 0.1) is 17.0 Å². The molecule has 1 aliphatic carbocycles. The molecule has 3 N–H and O–H groups in total. The molecule has 9 nitrogen and oxygen atoms in total. The van der Waals surface area contributed by atoms with Crippen molar-refractivity contribution in [3.8, 4) is 0 Å². The van der Waals surface area contributed by atoms with Crippen LogP contribution in [0.25, 0.3) is 0 Å². The topological polar surface area (TPSA) is 125 Å². The largest absolute Gasteiger partial charge is 0.326 e. The summed E-state index contributed by atoms with van der Waals surface area (Å²) < 4.78 is 1.91. The Hall–Kier alpha value is -3.17. The van der Waals surface area contributed by atoms with Crippen LogP contribution in [0.3, 0.4) is 0 Å². The smallest absolute Gasteiger partial charge is 0.269 e. The molecule has 0 amide bonds. The van der Waals surface area contributed by atoms with Crippen molar-refractivity contribution in [3.05, 3.63) is 81.2 Å². The van der Waals surface area contributed by atoms with Crippen LogP contribution >= 0.6 is 0 Å². The van der Waals surface area contributed by atoms with Crippen molar-refractivity contribution in [2.75, 3.05) is 0 Å². The van der Waals surface area contributed by atoms with Gasteiger partial charge in [-0.1, -0.05) is 55.7 Å². The van der Waals surface area contributed by atoms with Gasteiger partial charge in [0.1, 0.15) is 0 Å². The van der Waals surface area contributed by atoms with Gasteiger partial charge in [-0.15, -0.1) is 5.10 Å². The zero-order valence-corrected chi connectivity index (χ0v) is 17.4. The van der Waals surface area contributed by atoms with Gasteiger partial charge in [0.25, 0.3) is 5.69 Å². The summed E-state index contributed by atoms with van der Waals surface area (Å²) in [5.41, 5.74) is 8.72. The minimum Gasteiger partial charge on any atom is -0.326 e. The van der Waals surface area contributed by atoms with Crippen molar-refractivity contribution in [1.29, 1.82) is 0 Å². The van der Waals surface area contributed by atoms with E-state index in [-0.39, 0.29) is 22.7 Å². The predicted octanol–water partition coefficient (Wildman–Crippen LogP) is 3.42. The monoisotopic (exact) mass is 421 g/mol. The maximum atomic E-state index is 11.4. The molecule has 9 heteroatoms. The van der Waals surface area contributed by atoms with Gasteiger partial charge < -0.3 is 5.73 Å². The molecule has 1 aromatic heterocycles. The van der Waals surface area contributed by atoms with Crippen LogP contribution in [0.2, 0.25) is 0 Å². The van der Waals surface area contributed by atoms with E-state index in [1.807, 2.05) is 28.9 Å². The third-order valence-electron chi connectivity index (χ3n) is 5.85. The summed E-state index contributed by atoms with van der Waals surface area (Å²) in [6, 6.07) is 14.6. The quantitative estimate of drug-likeness (QED) is 0.422. The lowest BCUT2D eigenvalue weighted by Crippen LogP contribution is -2.28. The third-order valence-corrected chi connectivity index (χ3v) is 5.85. The fourth-order valence-corrected chi connectivity index (χ4v) is 4.24. The Morgan fingerprint density at radius 3 is 2.68 bits per heavy atom. The number of benzene rings is 2. The lowest BCUT2D eigenvalue weighted by molar-refractivity contribution is -0.384. The minimum atomic E-state index is -0.380. The van der Waals surface area contributed by atoms with Crippen LogP contribution in [-0.2, 0) is 13.1 Å². The van der Waals surface area contributed by atoms with E-state index in [9.17, 15) is 10.1 Å². The van der Waals surface area contributed by atoms with E-state index in [0.717, 1.165) is 42.4 Å².